The number of thioether (sulfide) groups is 1. The third kappa shape index (κ3) is 6.71. The van der Waals surface area contributed by atoms with Gasteiger partial charge in [-0.2, -0.15) is 16.8 Å². The molecule has 1 saturated heterocycles. The molecule has 2 aromatic heterocycles. The molecule has 1 aliphatic heterocycles. The van der Waals surface area contributed by atoms with E-state index in [0.29, 0.717) is 22.7 Å². The van der Waals surface area contributed by atoms with E-state index < -0.39 is 50.3 Å². The van der Waals surface area contributed by atoms with Gasteiger partial charge in [0.1, 0.15) is 23.2 Å². The number of methoxy groups -OCH3 is 1. The minimum atomic E-state index is -3.88. The van der Waals surface area contributed by atoms with Crippen LogP contribution in [0.4, 0.5) is 0 Å². The third-order valence-corrected chi connectivity index (χ3v) is 8.68. The number of imidazole rings is 1. The van der Waals surface area contributed by atoms with E-state index in [1.165, 1.54) is 18.1 Å². The summed E-state index contributed by atoms with van der Waals surface area (Å²) < 4.78 is 71.0. The molecule has 0 N–H and O–H groups in total. The number of hydrogen-bond donors (Lipinski definition) is 0. The Balaban J connectivity index is 1.73. The number of hydrogen-bond acceptors (Lipinski definition) is 12. The monoisotopic (exact) mass is 592 g/mol. The Bertz CT molecular complexity index is 1430. The maximum Gasteiger partial charge on any atom is 0.264 e. The van der Waals surface area contributed by atoms with Crippen molar-refractivity contribution in [3.63, 3.8) is 0 Å². The standard InChI is InChI=1S/C21H25ClN4O8S3/c1-31-15-6-4-14(5-7-15)9-35-18-16(26-13-25-17-19(22)23-12-24-20(17)26)8-32-21(18,10-33-36(2,27)28)11-34-37(3,29)30/h4-7,12-13,16,18H,8-11H2,1-3H3/t16-,18+/m1/s1. The van der Waals surface area contributed by atoms with Crippen molar-refractivity contribution in [1.82, 2.24) is 19.5 Å². The molecule has 1 fully saturated rings. The molecule has 0 bridgehead atoms. The Morgan fingerprint density at radius 2 is 1.73 bits per heavy atom. The average molecular weight is 593 g/mol. The van der Waals surface area contributed by atoms with Crippen LogP contribution < -0.4 is 4.74 Å². The molecule has 1 aromatic carbocycles. The molecule has 202 valence electrons. The largest absolute Gasteiger partial charge is 0.497 e. The van der Waals surface area contributed by atoms with Crippen molar-refractivity contribution >= 4 is 54.8 Å². The molecule has 0 saturated carbocycles. The number of aromatic nitrogens is 4. The molecule has 12 nitrogen and oxygen atoms in total. The fourth-order valence-corrected chi connectivity index (χ4v) is 6.45. The second-order valence-corrected chi connectivity index (χ2v) is 13.2. The summed E-state index contributed by atoms with van der Waals surface area (Å²) in [6.45, 7) is -0.839. The van der Waals surface area contributed by atoms with Gasteiger partial charge in [0.25, 0.3) is 20.2 Å². The van der Waals surface area contributed by atoms with Crippen LogP contribution in [-0.4, -0.2) is 86.6 Å². The molecule has 3 heterocycles. The van der Waals surface area contributed by atoms with Gasteiger partial charge in [-0.15, -0.1) is 11.8 Å². The van der Waals surface area contributed by atoms with E-state index in [0.717, 1.165) is 18.1 Å². The molecule has 0 unspecified atom stereocenters. The van der Waals surface area contributed by atoms with Crippen LogP contribution in [0.1, 0.15) is 11.6 Å². The number of fused-ring (bicyclic) bond motifs is 1. The fourth-order valence-electron chi connectivity index (χ4n) is 3.94. The van der Waals surface area contributed by atoms with E-state index >= 15 is 0 Å². The molecule has 16 heteroatoms. The van der Waals surface area contributed by atoms with Crippen molar-refractivity contribution < 1.29 is 34.7 Å². The molecule has 0 amide bonds. The van der Waals surface area contributed by atoms with Gasteiger partial charge in [0.2, 0.25) is 0 Å². The van der Waals surface area contributed by atoms with Crippen LogP contribution in [0.2, 0.25) is 5.15 Å². The summed E-state index contributed by atoms with van der Waals surface area (Å²) in [5.74, 6) is 1.19. The zero-order chi connectivity index (χ0) is 26.8. The normalized spacial score (nSPS) is 19.9. The summed E-state index contributed by atoms with van der Waals surface area (Å²) in [5, 5.41) is -0.374. The van der Waals surface area contributed by atoms with Crippen molar-refractivity contribution in [2.45, 2.75) is 22.6 Å². The Hall–Kier alpha value is -2.01. The number of ether oxygens (including phenoxy) is 2. The summed E-state index contributed by atoms with van der Waals surface area (Å²) in [4.78, 5) is 12.6. The Kier molecular flexibility index (Phi) is 8.33. The first-order valence-corrected chi connectivity index (χ1v) is 15.9. The van der Waals surface area contributed by atoms with Crippen LogP contribution in [0.25, 0.3) is 11.2 Å². The van der Waals surface area contributed by atoms with Gasteiger partial charge in [0.15, 0.2) is 10.8 Å². The molecule has 37 heavy (non-hydrogen) atoms. The lowest BCUT2D eigenvalue weighted by Gasteiger charge is -2.34. The summed E-state index contributed by atoms with van der Waals surface area (Å²) in [7, 11) is -6.18. The van der Waals surface area contributed by atoms with E-state index in [-0.39, 0.29) is 11.8 Å². The summed E-state index contributed by atoms with van der Waals surface area (Å²) in [6, 6.07) is 7.00. The Morgan fingerprint density at radius 3 is 2.32 bits per heavy atom. The SMILES string of the molecule is COc1ccc(CS[C@H]2[C@H](n3cnc4c(Cl)ncnc43)COC2(COS(C)(=O)=O)COS(C)(=O)=O)cc1. The zero-order valence-electron chi connectivity index (χ0n) is 20.1. The van der Waals surface area contributed by atoms with E-state index in [4.69, 9.17) is 29.4 Å². The van der Waals surface area contributed by atoms with Gasteiger partial charge in [-0.1, -0.05) is 23.7 Å². The van der Waals surface area contributed by atoms with Gasteiger partial charge in [0.05, 0.1) is 57.1 Å². The molecule has 3 aromatic rings. The summed E-state index contributed by atoms with van der Waals surface area (Å²) in [6.07, 6.45) is 4.68. The molecule has 1 aliphatic rings. The van der Waals surface area contributed by atoms with Gasteiger partial charge in [-0.25, -0.2) is 15.0 Å². The highest BCUT2D eigenvalue weighted by Gasteiger charge is 2.53. The fraction of sp³-hybridized carbons (Fsp3) is 0.476. The van der Waals surface area contributed by atoms with E-state index in [1.54, 1.807) is 18.0 Å². The van der Waals surface area contributed by atoms with Crippen LogP contribution in [0.15, 0.2) is 36.9 Å². The minimum absolute atomic E-state index is 0.0770. The molecule has 0 spiro atoms. The van der Waals surface area contributed by atoms with Crippen LogP contribution >= 0.6 is 23.4 Å². The molecular formula is C21H25ClN4O8S3. The van der Waals surface area contributed by atoms with Crippen molar-refractivity contribution in [2.75, 3.05) is 39.4 Å². The number of halogens is 1. The summed E-state index contributed by atoms with van der Waals surface area (Å²) in [5.41, 5.74) is 0.355. The van der Waals surface area contributed by atoms with Gasteiger partial charge in [0, 0.05) is 5.75 Å². The van der Waals surface area contributed by atoms with Crippen molar-refractivity contribution in [3.8, 4) is 5.75 Å². The lowest BCUT2D eigenvalue weighted by molar-refractivity contribution is -0.0537. The lowest BCUT2D eigenvalue weighted by Crippen LogP contribution is -2.49. The molecule has 4 rings (SSSR count). The predicted molar refractivity (Wildman–Crippen MR) is 138 cm³/mol. The molecule has 0 aliphatic carbocycles. The quantitative estimate of drug-likeness (QED) is 0.237. The van der Waals surface area contributed by atoms with E-state index in [2.05, 4.69) is 15.0 Å². The minimum Gasteiger partial charge on any atom is -0.497 e. The maximum atomic E-state index is 11.9. The highest BCUT2D eigenvalue weighted by Crippen LogP contribution is 2.45. The van der Waals surface area contributed by atoms with Gasteiger partial charge >= 0.3 is 0 Å². The first-order chi connectivity index (χ1) is 17.4. The van der Waals surface area contributed by atoms with Crippen LogP contribution in [0.5, 0.6) is 5.75 Å². The highest BCUT2D eigenvalue weighted by atomic mass is 35.5. The van der Waals surface area contributed by atoms with Crippen molar-refractivity contribution in [3.05, 3.63) is 47.6 Å². The molecule has 0 radical (unpaired) electrons. The average Bonchev–Trinajstić information content (AvgIpc) is 3.42. The van der Waals surface area contributed by atoms with E-state index in [1.807, 2.05) is 24.3 Å². The van der Waals surface area contributed by atoms with E-state index in [9.17, 15) is 16.8 Å². The van der Waals surface area contributed by atoms with Crippen molar-refractivity contribution in [2.24, 2.45) is 0 Å². The highest BCUT2D eigenvalue weighted by molar-refractivity contribution is 7.99. The maximum absolute atomic E-state index is 11.9. The molecule has 2 atom stereocenters. The second kappa shape index (κ2) is 11.0. The summed E-state index contributed by atoms with van der Waals surface area (Å²) >= 11 is 7.63. The topological polar surface area (TPSA) is 149 Å². The predicted octanol–water partition coefficient (Wildman–Crippen LogP) is 2.05. The second-order valence-electron chi connectivity index (χ2n) is 8.44. The Morgan fingerprint density at radius 1 is 1.08 bits per heavy atom. The zero-order valence-corrected chi connectivity index (χ0v) is 23.3. The van der Waals surface area contributed by atoms with Gasteiger partial charge in [-0.05, 0) is 17.7 Å². The first-order valence-electron chi connectivity index (χ1n) is 10.8. The molecular weight excluding hydrogens is 568 g/mol. The van der Waals surface area contributed by atoms with Crippen LogP contribution in [0.3, 0.4) is 0 Å². The third-order valence-electron chi connectivity index (χ3n) is 5.70. The number of nitrogens with zero attached hydrogens (tertiary/aromatic N) is 4. The number of benzene rings is 1. The Labute approximate surface area is 223 Å². The lowest BCUT2D eigenvalue weighted by atomic mass is 9.99. The van der Waals surface area contributed by atoms with Gasteiger partial charge in [-0.3, -0.25) is 8.37 Å². The van der Waals surface area contributed by atoms with Crippen LogP contribution in [0, 0.1) is 0 Å². The van der Waals surface area contributed by atoms with Crippen LogP contribution in [-0.2, 0) is 39.1 Å². The van der Waals surface area contributed by atoms with Crippen molar-refractivity contribution in [1.29, 1.82) is 0 Å². The smallest absolute Gasteiger partial charge is 0.264 e. The van der Waals surface area contributed by atoms with Gasteiger partial charge < -0.3 is 14.0 Å². The first kappa shape index (κ1) is 28.0. The number of rotatable bonds is 11.